The summed E-state index contributed by atoms with van der Waals surface area (Å²) in [6.45, 7) is 0.409. The van der Waals surface area contributed by atoms with E-state index in [-0.39, 0.29) is 12.0 Å². The minimum atomic E-state index is -0.196. The first-order valence-electron chi connectivity index (χ1n) is 7.33. The Morgan fingerprint density at radius 3 is 3.08 bits per heavy atom. The van der Waals surface area contributed by atoms with Gasteiger partial charge in [-0.15, -0.1) is 0 Å². The number of nitrogens with zero attached hydrogens (tertiary/aromatic N) is 1. The molecule has 0 saturated heterocycles. The lowest BCUT2D eigenvalue weighted by Gasteiger charge is -2.11. The monoisotopic (exact) mass is 407 g/mol. The minimum Gasteiger partial charge on any atom is -0.486 e. The van der Waals surface area contributed by atoms with E-state index in [0.29, 0.717) is 29.6 Å². The molecule has 7 heteroatoms. The summed E-state index contributed by atoms with van der Waals surface area (Å²) in [5.41, 5.74) is 7.36. The molecule has 0 bridgehead atoms. The third kappa shape index (κ3) is 4.07. The number of nitrogens with one attached hydrogen (secondary N) is 1. The maximum Gasteiger partial charge on any atom is 0.244 e. The molecule has 0 saturated carbocycles. The van der Waals surface area contributed by atoms with Gasteiger partial charge in [0.25, 0.3) is 0 Å². The molecule has 0 aliphatic carbocycles. The summed E-state index contributed by atoms with van der Waals surface area (Å²) in [5.74, 6) is 0.945. The predicted octanol–water partition coefficient (Wildman–Crippen LogP) is 3.21. The first-order valence-corrected chi connectivity index (χ1v) is 8.50. The maximum absolute atomic E-state index is 11.9. The molecule has 5 nitrogen and oxygen atoms in total. The van der Waals surface area contributed by atoms with Crippen molar-refractivity contribution in [1.82, 2.24) is 10.3 Å². The minimum absolute atomic E-state index is 0.123. The molecular formula is C17H15BrClN3O2. The van der Waals surface area contributed by atoms with Crippen LogP contribution in [0.5, 0.6) is 5.75 Å². The molecule has 0 radical (unpaired) electrons. The van der Waals surface area contributed by atoms with Crippen LogP contribution in [-0.4, -0.2) is 23.5 Å². The number of fused-ring (bicyclic) bond motifs is 1. The molecule has 3 N–H and O–H groups in total. The first-order chi connectivity index (χ1) is 11.5. The fraction of sp³-hybridized carbons (Fsp3) is 0.176. The van der Waals surface area contributed by atoms with Gasteiger partial charge < -0.3 is 15.8 Å². The van der Waals surface area contributed by atoms with Gasteiger partial charge in [0.05, 0.1) is 11.6 Å². The lowest BCUT2D eigenvalue weighted by molar-refractivity contribution is -0.116. The molecule has 1 aromatic carbocycles. The first kappa shape index (κ1) is 16.8. The zero-order valence-electron chi connectivity index (χ0n) is 12.6. The average Bonchev–Trinajstić information content (AvgIpc) is 2.95. The summed E-state index contributed by atoms with van der Waals surface area (Å²) < 4.78 is 6.72. The number of pyridine rings is 1. The summed E-state index contributed by atoms with van der Waals surface area (Å²) in [4.78, 5) is 15.9. The van der Waals surface area contributed by atoms with Crippen molar-refractivity contribution in [2.24, 2.45) is 0 Å². The lowest BCUT2D eigenvalue weighted by atomic mass is 10.1. The molecular weight excluding hydrogens is 394 g/mol. The summed E-state index contributed by atoms with van der Waals surface area (Å²) in [5, 5.41) is 3.40. The van der Waals surface area contributed by atoms with Gasteiger partial charge in [0.1, 0.15) is 17.7 Å². The van der Waals surface area contributed by atoms with Crippen molar-refractivity contribution in [2.45, 2.75) is 12.5 Å². The van der Waals surface area contributed by atoms with Gasteiger partial charge in [0.2, 0.25) is 5.91 Å². The van der Waals surface area contributed by atoms with Crippen LogP contribution >= 0.6 is 27.5 Å². The van der Waals surface area contributed by atoms with Gasteiger partial charge in [-0.3, -0.25) is 4.79 Å². The van der Waals surface area contributed by atoms with Crippen molar-refractivity contribution in [3.8, 4) is 5.75 Å². The number of hydrogen-bond donors (Lipinski definition) is 2. The largest absolute Gasteiger partial charge is 0.486 e. The van der Waals surface area contributed by atoms with E-state index in [1.54, 1.807) is 30.5 Å². The number of aromatic nitrogens is 1. The van der Waals surface area contributed by atoms with Crippen LogP contribution in [0.15, 0.2) is 41.0 Å². The van der Waals surface area contributed by atoms with Gasteiger partial charge in [-0.05, 0) is 35.9 Å². The Morgan fingerprint density at radius 1 is 1.50 bits per heavy atom. The van der Waals surface area contributed by atoms with Crippen LogP contribution < -0.4 is 15.8 Å². The summed E-state index contributed by atoms with van der Waals surface area (Å²) in [6.07, 6.45) is 5.33. The number of carbonyl (C=O) groups excluding carboxylic acids is 1. The number of nitrogens with two attached hydrogens (primary N) is 1. The van der Waals surface area contributed by atoms with Crippen LogP contribution in [-0.2, 0) is 11.2 Å². The zero-order valence-corrected chi connectivity index (χ0v) is 15.0. The molecule has 124 valence electrons. The van der Waals surface area contributed by atoms with Crippen LogP contribution in [0.3, 0.4) is 0 Å². The molecule has 1 aliphatic heterocycles. The molecule has 3 rings (SSSR count). The number of ether oxygens (including phenoxy) is 1. The number of halogens is 2. The van der Waals surface area contributed by atoms with Crippen molar-refractivity contribution < 1.29 is 9.53 Å². The van der Waals surface area contributed by atoms with Crippen molar-refractivity contribution in [3.63, 3.8) is 0 Å². The molecule has 1 atom stereocenters. The summed E-state index contributed by atoms with van der Waals surface area (Å²) in [6, 6.07) is 7.26. The predicted molar refractivity (Wildman–Crippen MR) is 98.0 cm³/mol. The molecule has 0 spiro atoms. The van der Waals surface area contributed by atoms with Crippen molar-refractivity contribution in [1.29, 1.82) is 0 Å². The zero-order chi connectivity index (χ0) is 17.1. The fourth-order valence-corrected chi connectivity index (χ4v) is 3.35. The molecule has 2 heterocycles. The van der Waals surface area contributed by atoms with Gasteiger partial charge in [-0.2, -0.15) is 0 Å². The number of rotatable bonds is 4. The van der Waals surface area contributed by atoms with Gasteiger partial charge in [0.15, 0.2) is 0 Å². The third-order valence-electron chi connectivity index (χ3n) is 3.56. The summed E-state index contributed by atoms with van der Waals surface area (Å²) >= 11 is 9.58. The Balaban J connectivity index is 1.52. The van der Waals surface area contributed by atoms with E-state index in [9.17, 15) is 4.79 Å². The molecule has 1 amide bonds. The fourth-order valence-electron chi connectivity index (χ4n) is 2.43. The third-order valence-corrected chi connectivity index (χ3v) is 4.30. The highest BCUT2D eigenvalue weighted by molar-refractivity contribution is 9.10. The quantitative estimate of drug-likeness (QED) is 0.762. The second-order valence-corrected chi connectivity index (χ2v) is 6.74. The highest BCUT2D eigenvalue weighted by Crippen LogP contribution is 2.38. The molecule has 24 heavy (non-hydrogen) atoms. The van der Waals surface area contributed by atoms with Crippen LogP contribution in [0.2, 0.25) is 5.02 Å². The van der Waals surface area contributed by atoms with Crippen molar-refractivity contribution >= 4 is 45.3 Å². The number of anilines is 1. The highest BCUT2D eigenvalue weighted by Gasteiger charge is 2.25. The number of amides is 1. The van der Waals surface area contributed by atoms with Gasteiger partial charge in [-0.25, -0.2) is 4.98 Å². The Labute approximate surface area is 153 Å². The van der Waals surface area contributed by atoms with E-state index in [1.807, 2.05) is 6.07 Å². The Bertz CT molecular complexity index is 793. The number of hydrogen-bond acceptors (Lipinski definition) is 4. The van der Waals surface area contributed by atoms with Gasteiger partial charge in [0, 0.05) is 28.7 Å². The van der Waals surface area contributed by atoms with E-state index in [2.05, 4.69) is 26.2 Å². The Morgan fingerprint density at radius 2 is 2.33 bits per heavy atom. The summed E-state index contributed by atoms with van der Waals surface area (Å²) in [7, 11) is 0. The van der Waals surface area contributed by atoms with Crippen LogP contribution in [0, 0.1) is 0 Å². The van der Waals surface area contributed by atoms with Crippen molar-refractivity contribution in [2.75, 3.05) is 12.3 Å². The molecule has 1 unspecified atom stereocenters. The standard InChI is InChI=1S/C17H15BrClN3O2/c18-12-5-11-6-13(24-17(11)14(19)7-12)9-22-16(23)4-2-10-1-3-15(20)21-8-10/h1-5,7-8,13H,6,9H2,(H2,20,21)(H,22,23). The van der Waals surface area contributed by atoms with E-state index in [0.717, 1.165) is 15.6 Å². The van der Waals surface area contributed by atoms with E-state index in [1.165, 1.54) is 6.08 Å². The molecule has 0 fully saturated rings. The van der Waals surface area contributed by atoms with E-state index < -0.39 is 0 Å². The Hall–Kier alpha value is -2.05. The van der Waals surface area contributed by atoms with Crippen LogP contribution in [0.1, 0.15) is 11.1 Å². The molecule has 2 aromatic rings. The molecule has 1 aliphatic rings. The average molecular weight is 409 g/mol. The number of nitrogen functional groups attached to an aromatic ring is 1. The van der Waals surface area contributed by atoms with Crippen LogP contribution in [0.4, 0.5) is 5.82 Å². The van der Waals surface area contributed by atoms with Gasteiger partial charge >= 0.3 is 0 Å². The normalized spacial score (nSPS) is 16.0. The number of benzene rings is 1. The Kier molecular flexibility index (Phi) is 5.06. The smallest absolute Gasteiger partial charge is 0.244 e. The topological polar surface area (TPSA) is 77.2 Å². The van der Waals surface area contributed by atoms with E-state index >= 15 is 0 Å². The molecule has 1 aromatic heterocycles. The van der Waals surface area contributed by atoms with Crippen LogP contribution in [0.25, 0.3) is 6.08 Å². The van der Waals surface area contributed by atoms with Gasteiger partial charge in [-0.1, -0.05) is 27.5 Å². The second-order valence-electron chi connectivity index (χ2n) is 5.41. The highest BCUT2D eigenvalue weighted by atomic mass is 79.9. The second kappa shape index (κ2) is 7.23. The van der Waals surface area contributed by atoms with E-state index in [4.69, 9.17) is 22.1 Å². The van der Waals surface area contributed by atoms with Crippen molar-refractivity contribution in [3.05, 3.63) is 57.2 Å². The SMILES string of the molecule is Nc1ccc(C=CC(=O)NCC2Cc3cc(Br)cc(Cl)c3O2)cn1. The maximum atomic E-state index is 11.9. The lowest BCUT2D eigenvalue weighted by Crippen LogP contribution is -2.33. The number of carbonyl (C=O) groups is 1.